The maximum Gasteiger partial charge on any atom is 0.411 e. The fraction of sp³-hybridized carbons (Fsp3) is 0.500. The van der Waals surface area contributed by atoms with Crippen LogP contribution >= 0.6 is 11.6 Å². The van der Waals surface area contributed by atoms with Gasteiger partial charge in [0.15, 0.2) is 5.15 Å². The molecule has 15 heavy (non-hydrogen) atoms. The molecule has 82 valence electrons. The molecule has 1 N–H and O–H groups in total. The molecule has 0 radical (unpaired) electrons. The van der Waals surface area contributed by atoms with Crippen molar-refractivity contribution in [1.82, 2.24) is 10.2 Å². The molecule has 0 aromatic carbocycles. The van der Waals surface area contributed by atoms with Crippen LogP contribution in [0, 0.1) is 0 Å². The molecular weight excluding hydrogens is 231 g/mol. The van der Waals surface area contributed by atoms with Crippen LogP contribution in [0.3, 0.4) is 0 Å². The third kappa shape index (κ3) is 1.99. The van der Waals surface area contributed by atoms with Crippen molar-refractivity contribution >= 4 is 17.3 Å². The van der Waals surface area contributed by atoms with Gasteiger partial charge in [0.1, 0.15) is 5.54 Å². The van der Waals surface area contributed by atoms with Crippen LogP contribution in [-0.2, 0) is 0 Å². The number of alkyl halides is 3. The Morgan fingerprint density at radius 2 is 2.07 bits per heavy atom. The fourth-order valence-electron chi connectivity index (χ4n) is 1.29. The molecule has 0 saturated heterocycles. The van der Waals surface area contributed by atoms with E-state index in [4.69, 9.17) is 11.6 Å². The number of nitrogens with zero attached hydrogens (tertiary/aromatic N) is 2. The third-order valence-corrected chi connectivity index (χ3v) is 2.49. The molecule has 1 heterocycles. The highest BCUT2D eigenvalue weighted by atomic mass is 35.5. The minimum absolute atomic E-state index is 0.0676. The Labute approximate surface area is 88.6 Å². The first-order valence-electron chi connectivity index (χ1n) is 4.26. The molecule has 0 bridgehead atoms. The largest absolute Gasteiger partial charge is 0.411 e. The Hall–Kier alpha value is -1.04. The van der Waals surface area contributed by atoms with Crippen molar-refractivity contribution in [3.63, 3.8) is 0 Å². The fourth-order valence-corrected chi connectivity index (χ4v) is 1.45. The molecule has 1 aromatic heterocycles. The molecule has 7 heteroatoms. The highest BCUT2D eigenvalue weighted by molar-refractivity contribution is 6.29. The Morgan fingerprint density at radius 1 is 1.40 bits per heavy atom. The highest BCUT2D eigenvalue weighted by Crippen LogP contribution is 2.51. The van der Waals surface area contributed by atoms with Gasteiger partial charge in [-0.1, -0.05) is 11.6 Å². The van der Waals surface area contributed by atoms with E-state index in [0.717, 1.165) is 0 Å². The monoisotopic (exact) mass is 237 g/mol. The summed E-state index contributed by atoms with van der Waals surface area (Å²) in [4.78, 5) is 0. The van der Waals surface area contributed by atoms with Crippen molar-refractivity contribution in [3.8, 4) is 0 Å². The highest BCUT2D eigenvalue weighted by Gasteiger charge is 2.63. The molecule has 0 atom stereocenters. The first-order valence-corrected chi connectivity index (χ1v) is 4.64. The van der Waals surface area contributed by atoms with Gasteiger partial charge in [-0.05, 0) is 12.8 Å². The smallest absolute Gasteiger partial charge is 0.370 e. The molecule has 2 rings (SSSR count). The van der Waals surface area contributed by atoms with Crippen LogP contribution in [0.2, 0.25) is 5.15 Å². The van der Waals surface area contributed by atoms with Crippen LogP contribution in [0.4, 0.5) is 18.9 Å². The van der Waals surface area contributed by atoms with E-state index in [-0.39, 0.29) is 23.7 Å². The number of nitrogens with one attached hydrogen (secondary N) is 1. The van der Waals surface area contributed by atoms with Crippen molar-refractivity contribution in [1.29, 1.82) is 0 Å². The summed E-state index contributed by atoms with van der Waals surface area (Å²) in [6.45, 7) is 0. The summed E-state index contributed by atoms with van der Waals surface area (Å²) in [5.41, 5.74) is -1.55. The molecule has 1 aliphatic carbocycles. The number of hydrogen-bond donors (Lipinski definition) is 1. The first kappa shape index (κ1) is 10.5. The van der Waals surface area contributed by atoms with Crippen LogP contribution in [-0.4, -0.2) is 21.9 Å². The topological polar surface area (TPSA) is 37.8 Å². The SMILES string of the molecule is FC(F)(F)C1(Nc2cnnc(Cl)c2)CC1. The predicted octanol–water partition coefficient (Wildman–Crippen LogP) is 2.64. The van der Waals surface area contributed by atoms with E-state index < -0.39 is 11.7 Å². The second-order valence-corrected chi connectivity index (χ2v) is 3.86. The van der Waals surface area contributed by atoms with Crippen molar-refractivity contribution in [2.75, 3.05) is 5.32 Å². The van der Waals surface area contributed by atoms with E-state index in [1.165, 1.54) is 12.3 Å². The lowest BCUT2D eigenvalue weighted by atomic mass is 10.2. The van der Waals surface area contributed by atoms with Gasteiger partial charge in [-0.25, -0.2) is 0 Å². The Morgan fingerprint density at radius 3 is 2.53 bits per heavy atom. The van der Waals surface area contributed by atoms with Gasteiger partial charge in [0.2, 0.25) is 0 Å². The molecule has 0 unspecified atom stereocenters. The van der Waals surface area contributed by atoms with Gasteiger partial charge in [0, 0.05) is 6.07 Å². The maximum absolute atomic E-state index is 12.6. The molecular formula is C8H7ClF3N3. The Balaban J connectivity index is 2.16. The third-order valence-electron chi connectivity index (χ3n) is 2.30. The van der Waals surface area contributed by atoms with Crippen LogP contribution in [0.25, 0.3) is 0 Å². The summed E-state index contributed by atoms with van der Waals surface area (Å²) in [6, 6.07) is 1.32. The second-order valence-electron chi connectivity index (χ2n) is 3.47. The van der Waals surface area contributed by atoms with E-state index in [1.807, 2.05) is 0 Å². The van der Waals surface area contributed by atoms with E-state index in [2.05, 4.69) is 15.5 Å². The number of hydrogen-bond acceptors (Lipinski definition) is 3. The van der Waals surface area contributed by atoms with E-state index >= 15 is 0 Å². The van der Waals surface area contributed by atoms with Gasteiger partial charge in [0.05, 0.1) is 11.9 Å². The maximum atomic E-state index is 12.6. The average molecular weight is 238 g/mol. The van der Waals surface area contributed by atoms with Gasteiger partial charge < -0.3 is 5.32 Å². The zero-order valence-electron chi connectivity index (χ0n) is 7.48. The van der Waals surface area contributed by atoms with Gasteiger partial charge >= 0.3 is 6.18 Å². The second kappa shape index (κ2) is 3.23. The summed E-state index contributed by atoms with van der Waals surface area (Å²) in [6.07, 6.45) is -2.87. The van der Waals surface area contributed by atoms with Crippen LogP contribution in [0.1, 0.15) is 12.8 Å². The Bertz CT molecular complexity index is 376. The molecule has 0 aliphatic heterocycles. The van der Waals surface area contributed by atoms with E-state index in [0.29, 0.717) is 0 Å². The van der Waals surface area contributed by atoms with Crippen molar-refractivity contribution < 1.29 is 13.2 Å². The summed E-state index contributed by atoms with van der Waals surface area (Å²) in [5, 5.41) is 9.38. The standard InChI is InChI=1S/C8H7ClF3N3/c9-6-3-5(4-13-15-6)14-7(1-2-7)8(10,11)12/h3-4H,1-2H2,(H,14,15). The van der Waals surface area contributed by atoms with Crippen molar-refractivity contribution in [3.05, 3.63) is 17.4 Å². The molecule has 1 aromatic rings. The number of aromatic nitrogens is 2. The van der Waals surface area contributed by atoms with Gasteiger partial charge in [-0.3, -0.25) is 0 Å². The first-order chi connectivity index (χ1) is 6.93. The molecule has 3 nitrogen and oxygen atoms in total. The van der Waals surface area contributed by atoms with Crippen LogP contribution < -0.4 is 5.32 Å². The van der Waals surface area contributed by atoms with Crippen molar-refractivity contribution in [2.24, 2.45) is 0 Å². The molecule has 1 saturated carbocycles. The van der Waals surface area contributed by atoms with Crippen LogP contribution in [0.5, 0.6) is 0 Å². The molecule has 1 aliphatic rings. The van der Waals surface area contributed by atoms with Gasteiger partial charge in [0.25, 0.3) is 0 Å². The Kier molecular flexibility index (Phi) is 2.26. The summed E-state index contributed by atoms with van der Waals surface area (Å²) in [7, 11) is 0. The zero-order chi connectivity index (χ0) is 11.1. The summed E-state index contributed by atoms with van der Waals surface area (Å²) in [5.74, 6) is 0. The number of halogens is 4. The average Bonchev–Trinajstić information content (AvgIpc) is 2.84. The zero-order valence-corrected chi connectivity index (χ0v) is 8.23. The number of rotatable bonds is 2. The summed E-state index contributed by atoms with van der Waals surface area (Å²) >= 11 is 5.51. The van der Waals surface area contributed by atoms with Crippen molar-refractivity contribution in [2.45, 2.75) is 24.6 Å². The predicted molar refractivity (Wildman–Crippen MR) is 48.7 cm³/mol. The minimum Gasteiger partial charge on any atom is -0.370 e. The van der Waals surface area contributed by atoms with Gasteiger partial charge in [-0.15, -0.1) is 5.10 Å². The lowest BCUT2D eigenvalue weighted by Gasteiger charge is -2.21. The molecule has 1 fully saturated rings. The van der Waals surface area contributed by atoms with Gasteiger partial charge in [-0.2, -0.15) is 18.3 Å². The van der Waals surface area contributed by atoms with E-state index in [9.17, 15) is 13.2 Å². The lowest BCUT2D eigenvalue weighted by molar-refractivity contribution is -0.151. The molecule has 0 spiro atoms. The normalized spacial score (nSPS) is 18.7. The number of anilines is 1. The van der Waals surface area contributed by atoms with Crippen LogP contribution in [0.15, 0.2) is 12.3 Å². The quantitative estimate of drug-likeness (QED) is 0.859. The summed E-state index contributed by atoms with van der Waals surface area (Å²) < 4.78 is 37.7. The molecule has 0 amide bonds. The lowest BCUT2D eigenvalue weighted by Crippen LogP contribution is -2.38. The minimum atomic E-state index is -4.25. The van der Waals surface area contributed by atoms with E-state index in [1.54, 1.807) is 0 Å².